The first kappa shape index (κ1) is 77.6. The molecule has 0 aliphatic carbocycles. The zero-order chi connectivity index (χ0) is 66.1. The maximum absolute atomic E-state index is 15.2. The van der Waals surface area contributed by atoms with Gasteiger partial charge in [-0.15, -0.1) is 9.24 Å². The van der Waals surface area contributed by atoms with Crippen LogP contribution >= 0.6 is 9.24 Å². The monoisotopic (exact) mass is 1210 g/mol. The van der Waals surface area contributed by atoms with Crippen molar-refractivity contribution in [3.63, 3.8) is 0 Å². The summed E-state index contributed by atoms with van der Waals surface area (Å²) in [6.07, 6.45) is 0.703. The van der Waals surface area contributed by atoms with Gasteiger partial charge in [-0.05, 0) is 80.5 Å². The second-order valence-corrected chi connectivity index (χ2v) is 27.5. The van der Waals surface area contributed by atoms with Crippen LogP contribution in [0, 0.1) is 59.2 Å². The van der Waals surface area contributed by atoms with Gasteiger partial charge in [0.15, 0.2) is 17.3 Å². The summed E-state index contributed by atoms with van der Waals surface area (Å²) in [5, 5.41) is 2.74. The van der Waals surface area contributed by atoms with Crippen LogP contribution in [0.15, 0.2) is 12.3 Å². The van der Waals surface area contributed by atoms with Crippen molar-refractivity contribution in [1.82, 2.24) is 39.6 Å². The largest absolute Gasteiger partial charge is 0.344 e. The molecule has 20 nitrogen and oxygen atoms in total. The van der Waals surface area contributed by atoms with Crippen LogP contribution in [0.5, 0.6) is 0 Å². The van der Waals surface area contributed by atoms with E-state index in [4.69, 9.17) is 0 Å². The smallest absolute Gasteiger partial charge is 0.270 e. The zero-order valence-corrected chi connectivity index (χ0v) is 57.3. The van der Waals surface area contributed by atoms with Gasteiger partial charge in [-0.25, -0.2) is 0 Å². The third-order valence-electron chi connectivity index (χ3n) is 17.1. The first-order valence-corrected chi connectivity index (χ1v) is 31.5. The SMILES string of the molecule is C=C1C(=O)N(C)[C@@H](CC(C)C)C(=O)C[C@H](C(C)C)C(=O)N(C)[C@H](CC(C)C)C(=O)C[C@H](C)C(=O)N[C@@H](C)C(=O)N(C)[C@H](CC(C)C)C(=O)N(C)[C@H](CC(C)C)C(=O)N(C)[C@H](C(C)C)C(=O)N(C)[C@H]([C@H](P)[C@H](C)CC=O)C(=O)C[C@H](CC)C(=O)N1C. The van der Waals surface area contributed by atoms with Crippen molar-refractivity contribution in [3.8, 4) is 0 Å². The molecular weight excluding hydrogens is 1100 g/mol. The normalized spacial score (nSPS) is 27.1. The number of nitrogens with zero attached hydrogens (tertiary/aromatic N) is 7. The highest BCUT2D eigenvalue weighted by Gasteiger charge is 2.45. The third kappa shape index (κ3) is 21.2. The Morgan fingerprint density at radius 1 is 0.506 bits per heavy atom. The second-order valence-electron chi connectivity index (χ2n) is 26.8. The molecular formula is C64H111N8O12P. The van der Waals surface area contributed by atoms with E-state index in [-0.39, 0.29) is 80.7 Å². The minimum Gasteiger partial charge on any atom is -0.344 e. The molecule has 1 aliphatic rings. The molecule has 0 saturated carbocycles. The van der Waals surface area contributed by atoms with E-state index in [0.717, 1.165) is 11.2 Å². The number of aldehydes is 1. The van der Waals surface area contributed by atoms with E-state index < -0.39 is 154 Å². The summed E-state index contributed by atoms with van der Waals surface area (Å²) in [6, 6.07) is -7.89. The molecule has 0 aromatic carbocycles. The van der Waals surface area contributed by atoms with Crippen molar-refractivity contribution >= 4 is 80.1 Å². The standard InChI is InChI=1S/C64H111N8O12P/c1-25-45-33-53(76)55(56(85)41(14)26-27-73)72(24)64(84)54(40(12)13)71(23)63(83)50(31-38(8)9)70(22)62(82)49(30-37(6)7)69(21)58(78)43(16)65-57(77)42(15)32-51(74)47(28-35(2)3)68(20)61(81)46(39(10)11)34-52(75)48(29-36(4)5)67(19)59(79)44(17)66(18)60(45)80/h27,35-43,45-50,54-56H,17,25-26,28-34,85H2,1-16,18-24H3,(H,65,77)/t41-,42+,43+,45+,46-,47-,48+,49-,50-,54-,55+,56-/m1/s1. The van der Waals surface area contributed by atoms with Gasteiger partial charge in [0.1, 0.15) is 36.2 Å². The lowest BCUT2D eigenvalue weighted by molar-refractivity contribution is -0.156. The van der Waals surface area contributed by atoms with Gasteiger partial charge in [-0.1, -0.05) is 110 Å². The molecule has 0 bridgehead atoms. The Morgan fingerprint density at radius 2 is 0.918 bits per heavy atom. The average molecular weight is 1220 g/mol. The highest BCUT2D eigenvalue weighted by atomic mass is 31.0. The minimum absolute atomic E-state index is 0.0362. The fourth-order valence-electron chi connectivity index (χ4n) is 11.4. The first-order chi connectivity index (χ1) is 39.1. The predicted molar refractivity (Wildman–Crippen MR) is 335 cm³/mol. The maximum atomic E-state index is 15.2. The van der Waals surface area contributed by atoms with Gasteiger partial charge >= 0.3 is 0 Å². The van der Waals surface area contributed by atoms with Crippen LogP contribution in [0.4, 0.5) is 0 Å². The summed E-state index contributed by atoms with van der Waals surface area (Å²) in [4.78, 5) is 182. The summed E-state index contributed by atoms with van der Waals surface area (Å²) in [5.41, 5.74) is -0.995. The molecule has 1 rings (SSSR count). The molecule has 0 radical (unpaired) electrons. The predicted octanol–water partition coefficient (Wildman–Crippen LogP) is 6.56. The van der Waals surface area contributed by atoms with Gasteiger partial charge in [0, 0.05) is 98.4 Å². The molecule has 1 N–H and O–H groups in total. The summed E-state index contributed by atoms with van der Waals surface area (Å²) < 4.78 is 0. The fourth-order valence-corrected chi connectivity index (χ4v) is 12.0. The first-order valence-electron chi connectivity index (χ1n) is 30.8. The van der Waals surface area contributed by atoms with E-state index >= 15 is 9.59 Å². The van der Waals surface area contributed by atoms with E-state index in [2.05, 4.69) is 21.1 Å². The number of hydrogen-bond acceptors (Lipinski definition) is 12. The van der Waals surface area contributed by atoms with Gasteiger partial charge < -0.3 is 44.4 Å². The van der Waals surface area contributed by atoms with Crippen LogP contribution in [-0.2, 0) is 57.5 Å². The van der Waals surface area contributed by atoms with Gasteiger partial charge in [0.2, 0.25) is 41.4 Å². The molecule has 8 amide bonds. The zero-order valence-electron chi connectivity index (χ0n) is 56.1. The van der Waals surface area contributed by atoms with Crippen molar-refractivity contribution < 1.29 is 57.5 Å². The summed E-state index contributed by atoms with van der Waals surface area (Å²) in [7, 11) is 12.8. The van der Waals surface area contributed by atoms with Crippen molar-refractivity contribution in [1.29, 1.82) is 0 Å². The molecule has 85 heavy (non-hydrogen) atoms. The Balaban J connectivity index is 4.36. The van der Waals surface area contributed by atoms with Crippen LogP contribution in [0.1, 0.15) is 169 Å². The van der Waals surface area contributed by atoms with Crippen molar-refractivity contribution in [2.45, 2.75) is 217 Å². The van der Waals surface area contributed by atoms with Crippen LogP contribution in [0.25, 0.3) is 0 Å². The summed E-state index contributed by atoms with van der Waals surface area (Å²) >= 11 is 0. The van der Waals surface area contributed by atoms with Crippen LogP contribution in [0.2, 0.25) is 0 Å². The molecule has 484 valence electrons. The number of ketones is 3. The Morgan fingerprint density at radius 3 is 1.35 bits per heavy atom. The van der Waals surface area contributed by atoms with Crippen LogP contribution in [0.3, 0.4) is 0 Å². The summed E-state index contributed by atoms with van der Waals surface area (Å²) in [6.45, 7) is 32.7. The van der Waals surface area contributed by atoms with Gasteiger partial charge in [0.25, 0.3) is 5.91 Å². The number of nitrogens with one attached hydrogen (secondary N) is 1. The number of Topliss-reactive ketones (excluding diaryl/α,β-unsaturated/α-hetero) is 3. The number of hydrogen-bond donors (Lipinski definition) is 1. The molecule has 0 aromatic rings. The van der Waals surface area contributed by atoms with Gasteiger partial charge in [0.05, 0.1) is 18.1 Å². The van der Waals surface area contributed by atoms with Gasteiger partial charge in [-0.2, -0.15) is 0 Å². The molecule has 0 aromatic heterocycles. The Labute approximate surface area is 512 Å². The van der Waals surface area contributed by atoms with Crippen LogP contribution < -0.4 is 5.32 Å². The number of carbonyl (C=O) groups is 12. The average Bonchev–Trinajstić information content (AvgIpc) is 3.55. The molecule has 1 aliphatic heterocycles. The topological polar surface area (TPSA) is 240 Å². The number of likely N-dealkylation sites (N-methyl/N-ethyl adjacent to an activating group) is 7. The van der Waals surface area contributed by atoms with E-state index in [1.807, 2.05) is 55.4 Å². The molecule has 1 fully saturated rings. The second kappa shape index (κ2) is 34.8. The van der Waals surface area contributed by atoms with Crippen molar-refractivity contribution in [2.24, 2.45) is 59.2 Å². The number of rotatable bonds is 15. The van der Waals surface area contributed by atoms with Crippen molar-refractivity contribution in [3.05, 3.63) is 12.3 Å². The van der Waals surface area contributed by atoms with Crippen LogP contribution in [-0.4, -0.2) is 202 Å². The Bertz CT molecular complexity index is 2370. The highest BCUT2D eigenvalue weighted by Crippen LogP contribution is 2.31. The molecule has 13 atom stereocenters. The summed E-state index contributed by atoms with van der Waals surface area (Å²) in [5.74, 6) is -10.9. The minimum atomic E-state index is -1.24. The maximum Gasteiger partial charge on any atom is 0.270 e. The molecule has 21 heteroatoms. The lowest BCUT2D eigenvalue weighted by atomic mass is 9.84. The van der Waals surface area contributed by atoms with E-state index in [1.165, 1.54) is 85.7 Å². The number of amides is 8. The van der Waals surface area contributed by atoms with Crippen molar-refractivity contribution in [2.75, 3.05) is 49.3 Å². The Kier molecular flexibility index (Phi) is 31.8. The number of carbonyl (C=O) groups excluding carboxylic acids is 12. The third-order valence-corrected chi connectivity index (χ3v) is 18.1. The molecule has 1 unspecified atom stereocenters. The lowest BCUT2D eigenvalue weighted by Crippen LogP contribution is -2.61. The highest BCUT2D eigenvalue weighted by molar-refractivity contribution is 7.17. The van der Waals surface area contributed by atoms with E-state index in [1.54, 1.807) is 48.5 Å². The van der Waals surface area contributed by atoms with Gasteiger partial charge in [-0.3, -0.25) is 52.7 Å². The molecule has 1 heterocycles. The quantitative estimate of drug-likeness (QED) is 0.104. The van der Waals surface area contributed by atoms with E-state index in [9.17, 15) is 47.9 Å². The Hall–Kier alpha value is -5.39. The van der Waals surface area contributed by atoms with E-state index in [0.29, 0.717) is 0 Å². The molecule has 0 spiro atoms. The molecule has 1 saturated heterocycles. The fraction of sp³-hybridized carbons (Fsp3) is 0.781. The lowest BCUT2D eigenvalue weighted by Gasteiger charge is -2.42.